The van der Waals surface area contributed by atoms with Gasteiger partial charge in [-0.05, 0) is 128 Å². The Morgan fingerprint density at radius 3 is 2.17 bits per heavy atom. The van der Waals surface area contributed by atoms with Gasteiger partial charge in [0.2, 0.25) is 5.91 Å². The molecule has 0 atom stereocenters. The number of piperidine rings is 3. The maximum absolute atomic E-state index is 14.0. The molecule has 3 aromatic rings. The summed E-state index contributed by atoms with van der Waals surface area (Å²) in [7, 11) is 8.08. The van der Waals surface area contributed by atoms with Crippen LogP contribution in [0.3, 0.4) is 0 Å². The third-order valence-corrected chi connectivity index (χ3v) is 12.3. The lowest BCUT2D eigenvalue weighted by Crippen LogP contribution is -2.46. The molecule has 4 amide bonds. The highest BCUT2D eigenvalue weighted by atomic mass is 16.2. The summed E-state index contributed by atoms with van der Waals surface area (Å²) < 4.78 is 0. The maximum atomic E-state index is 14.0. The second-order valence-corrected chi connectivity index (χ2v) is 15.8. The van der Waals surface area contributed by atoms with E-state index in [0.717, 1.165) is 118 Å². The average Bonchev–Trinajstić information content (AvgIpc) is 3.57. The zero-order valence-electron chi connectivity index (χ0n) is 32.0. The Labute approximate surface area is 314 Å². The molecule has 12 nitrogen and oxygen atoms in total. The van der Waals surface area contributed by atoms with Gasteiger partial charge in [-0.2, -0.15) is 0 Å². The van der Waals surface area contributed by atoms with Crippen LogP contribution in [0.15, 0.2) is 48.7 Å². The number of benzene rings is 1. The predicted octanol–water partition coefficient (Wildman–Crippen LogP) is 4.81. The highest BCUT2D eigenvalue weighted by molar-refractivity contribution is 6.07. The van der Waals surface area contributed by atoms with E-state index in [-0.39, 0.29) is 35.8 Å². The number of carbonyl (C=O) groups is 3. The normalized spacial score (nSPS) is 20.4. The maximum Gasteiger partial charge on any atom is 0.323 e. The van der Waals surface area contributed by atoms with Crippen molar-refractivity contribution in [2.24, 2.45) is 5.92 Å². The molecular formula is C41H57N9O3. The van der Waals surface area contributed by atoms with Crippen LogP contribution in [-0.4, -0.2) is 150 Å². The summed E-state index contributed by atoms with van der Waals surface area (Å²) in [5.41, 5.74) is 4.87. The third-order valence-electron chi connectivity index (χ3n) is 12.3. The van der Waals surface area contributed by atoms with Gasteiger partial charge in [0.1, 0.15) is 11.5 Å². The van der Waals surface area contributed by atoms with Crippen LogP contribution < -0.4 is 5.32 Å². The van der Waals surface area contributed by atoms with Gasteiger partial charge in [0.15, 0.2) is 0 Å². The fourth-order valence-corrected chi connectivity index (χ4v) is 8.70. The number of hydrogen-bond acceptors (Lipinski definition) is 7. The second kappa shape index (κ2) is 16.4. The topological polar surface area (TPSA) is 111 Å². The second-order valence-electron chi connectivity index (χ2n) is 15.8. The number of likely N-dealkylation sites (tertiary alicyclic amines) is 3. The zero-order valence-corrected chi connectivity index (χ0v) is 32.0. The number of amides is 4. The molecule has 3 fully saturated rings. The predicted molar refractivity (Wildman–Crippen MR) is 210 cm³/mol. The van der Waals surface area contributed by atoms with Crippen molar-refractivity contribution < 1.29 is 14.4 Å². The van der Waals surface area contributed by atoms with E-state index in [9.17, 15) is 14.4 Å². The molecule has 0 radical (unpaired) electrons. The number of aromatic nitrogens is 2. The lowest BCUT2D eigenvalue weighted by atomic mass is 9.92. The number of H-pyrrole nitrogens is 1. The first kappa shape index (κ1) is 37.1. The van der Waals surface area contributed by atoms with Crippen LogP contribution in [0.4, 0.5) is 10.6 Å². The van der Waals surface area contributed by atoms with E-state index in [0.29, 0.717) is 24.6 Å². The molecule has 2 aromatic heterocycles. The quantitative estimate of drug-likeness (QED) is 0.343. The molecule has 7 rings (SSSR count). The molecule has 284 valence electrons. The van der Waals surface area contributed by atoms with E-state index in [4.69, 9.17) is 0 Å². The van der Waals surface area contributed by atoms with Crippen LogP contribution in [0.2, 0.25) is 0 Å². The Balaban J connectivity index is 0.928. The molecule has 4 aliphatic heterocycles. The number of nitrogens with zero attached hydrogens (tertiary/aromatic N) is 7. The average molecular weight is 724 g/mol. The zero-order chi connectivity index (χ0) is 37.1. The van der Waals surface area contributed by atoms with Crippen LogP contribution in [0, 0.1) is 5.92 Å². The first-order valence-electron chi connectivity index (χ1n) is 19.6. The molecular weight excluding hydrogens is 667 g/mol. The lowest BCUT2D eigenvalue weighted by molar-refractivity contribution is -0.136. The van der Waals surface area contributed by atoms with Gasteiger partial charge in [-0.15, -0.1) is 0 Å². The minimum Gasteiger partial charge on any atom is -0.350 e. The van der Waals surface area contributed by atoms with E-state index < -0.39 is 0 Å². The van der Waals surface area contributed by atoms with Crippen molar-refractivity contribution in [3.8, 4) is 0 Å². The summed E-state index contributed by atoms with van der Waals surface area (Å²) in [4.78, 5) is 61.4. The van der Waals surface area contributed by atoms with Gasteiger partial charge >= 0.3 is 6.03 Å². The summed E-state index contributed by atoms with van der Waals surface area (Å²) in [6.07, 6.45) is 10.2. The number of nitrogens with one attached hydrogen (secondary N) is 2. The SMILES string of the molecule is CN1CCC(N(C)C(=O)Nc2cc(CN3CCC(C(=O)N4CC=C(c5c(C(=O)N(C)C6CCN(C)CC6)[nH]c6ccccc56)CC4)CC3)ccn2)CC1. The van der Waals surface area contributed by atoms with Crippen molar-refractivity contribution in [2.45, 2.75) is 63.6 Å². The molecule has 0 spiro atoms. The molecule has 0 bridgehead atoms. The summed E-state index contributed by atoms with van der Waals surface area (Å²) in [5, 5.41) is 4.07. The fourth-order valence-electron chi connectivity index (χ4n) is 8.70. The minimum atomic E-state index is -0.116. The van der Waals surface area contributed by atoms with Crippen molar-refractivity contribution in [1.29, 1.82) is 0 Å². The summed E-state index contributed by atoms with van der Waals surface area (Å²) in [5.74, 6) is 0.861. The van der Waals surface area contributed by atoms with Crippen LogP contribution in [-0.2, 0) is 11.3 Å². The van der Waals surface area contributed by atoms with E-state index in [1.807, 2.05) is 59.1 Å². The van der Waals surface area contributed by atoms with Crippen molar-refractivity contribution in [2.75, 3.05) is 85.9 Å². The number of hydrogen-bond donors (Lipinski definition) is 2. The van der Waals surface area contributed by atoms with E-state index in [2.05, 4.69) is 56.2 Å². The number of urea groups is 1. The monoisotopic (exact) mass is 723 g/mol. The number of pyridine rings is 1. The fraction of sp³-hybridized carbons (Fsp3) is 0.561. The van der Waals surface area contributed by atoms with E-state index in [1.54, 1.807) is 6.20 Å². The summed E-state index contributed by atoms with van der Waals surface area (Å²) >= 11 is 0. The first-order chi connectivity index (χ1) is 25.6. The smallest absolute Gasteiger partial charge is 0.323 e. The van der Waals surface area contributed by atoms with Gasteiger partial charge in [0.25, 0.3) is 5.91 Å². The van der Waals surface area contributed by atoms with E-state index >= 15 is 0 Å². The Morgan fingerprint density at radius 1 is 0.849 bits per heavy atom. The molecule has 0 unspecified atom stereocenters. The molecule has 6 heterocycles. The van der Waals surface area contributed by atoms with Crippen LogP contribution in [0.5, 0.6) is 0 Å². The Bertz CT molecular complexity index is 1800. The van der Waals surface area contributed by atoms with Gasteiger partial charge in [0, 0.05) is 74.4 Å². The van der Waals surface area contributed by atoms with Gasteiger partial charge in [0.05, 0.1) is 0 Å². The van der Waals surface area contributed by atoms with Gasteiger partial charge in [-0.3, -0.25) is 19.8 Å². The van der Waals surface area contributed by atoms with Crippen LogP contribution in [0.1, 0.15) is 66.6 Å². The molecule has 53 heavy (non-hydrogen) atoms. The Kier molecular flexibility index (Phi) is 11.5. The molecule has 1 aromatic carbocycles. The highest BCUT2D eigenvalue weighted by Crippen LogP contribution is 2.34. The Morgan fingerprint density at radius 2 is 1.51 bits per heavy atom. The molecule has 0 saturated carbocycles. The number of rotatable bonds is 8. The first-order valence-corrected chi connectivity index (χ1v) is 19.6. The highest BCUT2D eigenvalue weighted by Gasteiger charge is 2.33. The molecule has 2 N–H and O–H groups in total. The number of fused-ring (bicyclic) bond motifs is 1. The van der Waals surface area contributed by atoms with Gasteiger partial charge < -0.3 is 29.5 Å². The number of para-hydroxylation sites is 1. The molecule has 3 saturated heterocycles. The van der Waals surface area contributed by atoms with E-state index in [1.165, 1.54) is 0 Å². The molecule has 4 aliphatic rings. The van der Waals surface area contributed by atoms with Gasteiger partial charge in [-0.25, -0.2) is 9.78 Å². The lowest BCUT2D eigenvalue weighted by Gasteiger charge is -2.36. The van der Waals surface area contributed by atoms with Gasteiger partial charge in [-0.1, -0.05) is 24.3 Å². The number of aromatic amines is 1. The van der Waals surface area contributed by atoms with Crippen molar-refractivity contribution in [3.63, 3.8) is 0 Å². The number of anilines is 1. The Hall–Kier alpha value is -4.26. The van der Waals surface area contributed by atoms with Crippen molar-refractivity contribution in [3.05, 3.63) is 65.5 Å². The third kappa shape index (κ3) is 8.45. The molecule has 12 heteroatoms. The largest absolute Gasteiger partial charge is 0.350 e. The standard InChI is InChI=1S/C41H57N9O3/c1-45-19-14-32(15-20-45)47(3)40(52)38-37(34-7-5-6-8-35(34)43-38)30-12-25-50(26-13-30)39(51)31-10-23-49(24-11-31)28-29-9-18-42-36(27-29)44-41(53)48(4)33-16-21-46(2)22-17-33/h5-9,12,18,27,31-33,43H,10-11,13-17,19-26,28H2,1-4H3,(H,42,44,53). The summed E-state index contributed by atoms with van der Waals surface area (Å²) in [6, 6.07) is 12.5. The van der Waals surface area contributed by atoms with Crippen molar-refractivity contribution in [1.82, 2.24) is 39.4 Å². The minimum absolute atomic E-state index is 0.0111. The number of carbonyl (C=O) groups excluding carboxylic acids is 3. The van der Waals surface area contributed by atoms with Crippen LogP contribution >= 0.6 is 0 Å². The molecule has 0 aliphatic carbocycles. The summed E-state index contributed by atoms with van der Waals surface area (Å²) in [6.45, 7) is 7.67. The van der Waals surface area contributed by atoms with Crippen molar-refractivity contribution >= 4 is 40.1 Å². The van der Waals surface area contributed by atoms with Crippen LogP contribution in [0.25, 0.3) is 16.5 Å².